The van der Waals surface area contributed by atoms with Crippen LogP contribution in [0.15, 0.2) is 30.3 Å². The zero-order chi connectivity index (χ0) is 13.0. The molecule has 3 nitrogen and oxygen atoms in total. The number of likely N-dealkylation sites (tertiary alicyclic amines) is 1. The molecule has 0 spiro atoms. The first kappa shape index (κ1) is 13.4. The van der Waals surface area contributed by atoms with Gasteiger partial charge >= 0.3 is 0 Å². The molecule has 4 heteroatoms. The van der Waals surface area contributed by atoms with Crippen molar-refractivity contribution in [1.82, 2.24) is 4.90 Å². The lowest BCUT2D eigenvalue weighted by atomic mass is 10.2. The highest BCUT2D eigenvalue weighted by Gasteiger charge is 2.27. The quantitative estimate of drug-likeness (QED) is 0.903. The van der Waals surface area contributed by atoms with Crippen LogP contribution in [0.2, 0.25) is 0 Å². The molecule has 0 aliphatic carbocycles. The highest BCUT2D eigenvalue weighted by atomic mass is 32.2. The predicted octanol–water partition coefficient (Wildman–Crippen LogP) is 1.87. The van der Waals surface area contributed by atoms with Gasteiger partial charge in [-0.2, -0.15) is 0 Å². The third kappa shape index (κ3) is 3.50. The van der Waals surface area contributed by atoms with Gasteiger partial charge < -0.3 is 10.6 Å². The molecule has 1 heterocycles. The Bertz CT molecular complexity index is 396. The number of carbonyl (C=O) groups is 1. The van der Waals surface area contributed by atoms with Gasteiger partial charge in [-0.05, 0) is 18.9 Å². The minimum Gasteiger partial charge on any atom is -0.340 e. The number of nitrogens with two attached hydrogens (primary N) is 1. The second-order valence-electron chi connectivity index (χ2n) is 4.77. The van der Waals surface area contributed by atoms with Crippen molar-refractivity contribution < 1.29 is 4.79 Å². The van der Waals surface area contributed by atoms with Crippen LogP contribution in [-0.4, -0.2) is 35.2 Å². The van der Waals surface area contributed by atoms with E-state index in [4.69, 9.17) is 5.73 Å². The van der Waals surface area contributed by atoms with Crippen molar-refractivity contribution in [3.8, 4) is 0 Å². The molecule has 2 atom stereocenters. The lowest BCUT2D eigenvalue weighted by Gasteiger charge is -2.20. The Balaban J connectivity index is 1.81. The van der Waals surface area contributed by atoms with Gasteiger partial charge in [0.1, 0.15) is 0 Å². The number of amides is 1. The fourth-order valence-electron chi connectivity index (χ4n) is 2.11. The fraction of sp³-hybridized carbons (Fsp3) is 0.500. The second-order valence-corrected chi connectivity index (χ2v) is 6.10. The van der Waals surface area contributed by atoms with E-state index in [1.165, 1.54) is 5.56 Å². The second kappa shape index (κ2) is 6.25. The Morgan fingerprint density at radius 1 is 1.50 bits per heavy atom. The molecule has 1 aliphatic heterocycles. The first-order chi connectivity index (χ1) is 8.66. The third-order valence-electron chi connectivity index (χ3n) is 3.23. The maximum Gasteiger partial charge on any atom is 0.235 e. The van der Waals surface area contributed by atoms with E-state index >= 15 is 0 Å². The molecule has 0 radical (unpaired) electrons. The van der Waals surface area contributed by atoms with Gasteiger partial charge in [0, 0.05) is 24.9 Å². The van der Waals surface area contributed by atoms with Gasteiger partial charge in [-0.1, -0.05) is 30.3 Å². The van der Waals surface area contributed by atoms with Crippen LogP contribution in [-0.2, 0) is 10.5 Å². The molecule has 0 saturated carbocycles. The molecule has 0 aromatic heterocycles. The number of thioether (sulfide) groups is 1. The van der Waals surface area contributed by atoms with Crippen molar-refractivity contribution in [2.24, 2.45) is 5.73 Å². The Kier molecular flexibility index (Phi) is 4.66. The first-order valence-electron chi connectivity index (χ1n) is 6.36. The number of hydrogen-bond donors (Lipinski definition) is 1. The van der Waals surface area contributed by atoms with Crippen molar-refractivity contribution in [2.75, 3.05) is 13.1 Å². The molecule has 1 aliphatic rings. The Morgan fingerprint density at radius 2 is 2.22 bits per heavy atom. The Labute approximate surface area is 113 Å². The summed E-state index contributed by atoms with van der Waals surface area (Å²) in [5.41, 5.74) is 7.09. The number of hydrogen-bond acceptors (Lipinski definition) is 3. The van der Waals surface area contributed by atoms with Crippen molar-refractivity contribution in [3.63, 3.8) is 0 Å². The minimum absolute atomic E-state index is 0.00973. The normalized spacial score (nSPS) is 21.0. The summed E-state index contributed by atoms with van der Waals surface area (Å²) in [6.07, 6.45) is 0.932. The van der Waals surface area contributed by atoms with E-state index in [1.807, 2.05) is 30.0 Å². The van der Waals surface area contributed by atoms with Crippen molar-refractivity contribution >= 4 is 17.7 Å². The summed E-state index contributed by atoms with van der Waals surface area (Å²) >= 11 is 1.69. The molecule has 1 saturated heterocycles. The third-order valence-corrected chi connectivity index (χ3v) is 4.43. The van der Waals surface area contributed by atoms with Gasteiger partial charge in [-0.3, -0.25) is 4.79 Å². The summed E-state index contributed by atoms with van der Waals surface area (Å²) in [5.74, 6) is 1.11. The Hall–Kier alpha value is -1.00. The Morgan fingerprint density at radius 3 is 2.83 bits per heavy atom. The maximum absolute atomic E-state index is 12.2. The van der Waals surface area contributed by atoms with Crippen LogP contribution in [0.25, 0.3) is 0 Å². The molecule has 1 aromatic carbocycles. The molecule has 1 unspecified atom stereocenters. The van der Waals surface area contributed by atoms with Crippen LogP contribution < -0.4 is 5.73 Å². The molecule has 2 rings (SSSR count). The van der Waals surface area contributed by atoms with E-state index in [2.05, 4.69) is 12.1 Å². The number of nitrogens with zero attached hydrogens (tertiary/aromatic N) is 1. The van der Waals surface area contributed by atoms with Crippen LogP contribution in [0.1, 0.15) is 18.9 Å². The fourth-order valence-corrected chi connectivity index (χ4v) is 3.04. The number of rotatable bonds is 4. The summed E-state index contributed by atoms with van der Waals surface area (Å²) in [4.78, 5) is 14.1. The average molecular weight is 264 g/mol. The van der Waals surface area contributed by atoms with Gasteiger partial charge in [0.2, 0.25) is 5.91 Å². The molecule has 18 heavy (non-hydrogen) atoms. The molecule has 0 bridgehead atoms. The van der Waals surface area contributed by atoms with Crippen LogP contribution >= 0.6 is 11.8 Å². The maximum atomic E-state index is 12.2. The van der Waals surface area contributed by atoms with Crippen LogP contribution in [0.3, 0.4) is 0 Å². The average Bonchev–Trinajstić information content (AvgIpc) is 2.83. The smallest absolute Gasteiger partial charge is 0.235 e. The van der Waals surface area contributed by atoms with E-state index in [0.717, 1.165) is 25.3 Å². The zero-order valence-electron chi connectivity index (χ0n) is 10.7. The lowest BCUT2D eigenvalue weighted by Crippen LogP contribution is -2.36. The molecule has 1 amide bonds. The van der Waals surface area contributed by atoms with E-state index in [-0.39, 0.29) is 17.2 Å². The zero-order valence-corrected chi connectivity index (χ0v) is 11.5. The topological polar surface area (TPSA) is 46.3 Å². The predicted molar refractivity (Wildman–Crippen MR) is 76.4 cm³/mol. The van der Waals surface area contributed by atoms with E-state index in [0.29, 0.717) is 0 Å². The van der Waals surface area contributed by atoms with Crippen LogP contribution in [0.5, 0.6) is 0 Å². The van der Waals surface area contributed by atoms with Gasteiger partial charge in [-0.15, -0.1) is 11.8 Å². The van der Waals surface area contributed by atoms with Gasteiger partial charge in [0.15, 0.2) is 0 Å². The van der Waals surface area contributed by atoms with Gasteiger partial charge in [0.05, 0.1) is 5.25 Å². The number of benzene rings is 1. The molecular formula is C14H20N2OS. The molecule has 2 N–H and O–H groups in total. The summed E-state index contributed by atoms with van der Waals surface area (Å²) in [6.45, 7) is 3.52. The van der Waals surface area contributed by atoms with Crippen LogP contribution in [0.4, 0.5) is 0 Å². The molecule has 1 aromatic rings. The summed E-state index contributed by atoms with van der Waals surface area (Å²) in [5, 5.41) is 0.00973. The molecule has 98 valence electrons. The summed E-state index contributed by atoms with van der Waals surface area (Å²) < 4.78 is 0. The molecular weight excluding hydrogens is 244 g/mol. The SMILES string of the molecule is CC(SCc1ccccc1)C(=O)N1CC[C@@H](N)C1. The van der Waals surface area contributed by atoms with Crippen molar-refractivity contribution in [1.29, 1.82) is 0 Å². The van der Waals surface area contributed by atoms with E-state index in [1.54, 1.807) is 11.8 Å². The van der Waals surface area contributed by atoms with E-state index < -0.39 is 0 Å². The highest BCUT2D eigenvalue weighted by Crippen LogP contribution is 2.21. The summed E-state index contributed by atoms with van der Waals surface area (Å²) in [6, 6.07) is 10.4. The van der Waals surface area contributed by atoms with Gasteiger partial charge in [0.25, 0.3) is 0 Å². The molecule has 1 fully saturated rings. The summed E-state index contributed by atoms with van der Waals surface area (Å²) in [7, 11) is 0. The first-order valence-corrected chi connectivity index (χ1v) is 7.41. The largest absolute Gasteiger partial charge is 0.340 e. The van der Waals surface area contributed by atoms with Crippen molar-refractivity contribution in [3.05, 3.63) is 35.9 Å². The van der Waals surface area contributed by atoms with Crippen molar-refractivity contribution in [2.45, 2.75) is 30.4 Å². The monoisotopic (exact) mass is 264 g/mol. The standard InChI is InChI=1S/C14H20N2OS/c1-11(14(17)16-8-7-13(15)9-16)18-10-12-5-3-2-4-6-12/h2-6,11,13H,7-10,15H2,1H3/t11?,13-/m1/s1. The lowest BCUT2D eigenvalue weighted by molar-refractivity contribution is -0.129. The van der Waals surface area contributed by atoms with Crippen LogP contribution in [0, 0.1) is 0 Å². The van der Waals surface area contributed by atoms with Gasteiger partial charge in [-0.25, -0.2) is 0 Å². The highest BCUT2D eigenvalue weighted by molar-refractivity contribution is 7.99. The van der Waals surface area contributed by atoms with E-state index in [9.17, 15) is 4.79 Å². The number of carbonyl (C=O) groups excluding carboxylic acids is 1. The minimum atomic E-state index is 0.00973.